The van der Waals surface area contributed by atoms with Gasteiger partial charge in [-0.2, -0.15) is 0 Å². The number of morpholine rings is 1. The van der Waals surface area contributed by atoms with E-state index in [-0.39, 0.29) is 18.4 Å². The van der Waals surface area contributed by atoms with Gasteiger partial charge in [0.1, 0.15) is 6.04 Å². The van der Waals surface area contributed by atoms with E-state index in [0.717, 1.165) is 16.8 Å². The molecule has 0 unspecified atom stereocenters. The van der Waals surface area contributed by atoms with Gasteiger partial charge in [0.15, 0.2) is 0 Å². The van der Waals surface area contributed by atoms with Crippen LogP contribution in [-0.2, 0) is 14.3 Å². The van der Waals surface area contributed by atoms with Crippen molar-refractivity contribution in [3.8, 4) is 0 Å². The van der Waals surface area contributed by atoms with Crippen LogP contribution < -0.4 is 5.32 Å². The number of carbonyl (C=O) groups is 2. The van der Waals surface area contributed by atoms with Crippen LogP contribution in [0, 0.1) is 6.92 Å². The second-order valence-electron chi connectivity index (χ2n) is 7.08. The summed E-state index contributed by atoms with van der Waals surface area (Å²) in [4.78, 5) is 29.4. The van der Waals surface area contributed by atoms with Gasteiger partial charge in [-0.15, -0.1) is 0 Å². The third-order valence-electron chi connectivity index (χ3n) is 4.84. The minimum absolute atomic E-state index is 0.000126. The standard InChI is InChI=1S/C22H27N3O3/c1-17-8-10-19(11-9-17)23-20(26)16-24(2)21(18-6-4-3-5-7-18)22(27)25-12-14-28-15-13-25/h3-11,21H,12-16H2,1-2H3,(H,23,26)/t21-/m1/s1. The molecule has 2 amide bonds. The Kier molecular flexibility index (Phi) is 6.79. The van der Waals surface area contributed by atoms with E-state index in [0.29, 0.717) is 26.3 Å². The fourth-order valence-corrected chi connectivity index (χ4v) is 3.33. The molecule has 1 aliphatic rings. The van der Waals surface area contributed by atoms with Gasteiger partial charge < -0.3 is 15.0 Å². The Morgan fingerprint density at radius 1 is 1.07 bits per heavy atom. The maximum atomic E-state index is 13.2. The molecule has 148 valence electrons. The molecule has 0 bridgehead atoms. The van der Waals surface area contributed by atoms with E-state index < -0.39 is 6.04 Å². The maximum absolute atomic E-state index is 13.2. The summed E-state index contributed by atoms with van der Waals surface area (Å²) in [6, 6.07) is 16.7. The van der Waals surface area contributed by atoms with Crippen LogP contribution in [0.15, 0.2) is 54.6 Å². The minimum Gasteiger partial charge on any atom is -0.378 e. The van der Waals surface area contributed by atoms with Crippen molar-refractivity contribution in [1.82, 2.24) is 9.80 Å². The van der Waals surface area contributed by atoms with Crippen LogP contribution in [0.3, 0.4) is 0 Å². The molecule has 1 saturated heterocycles. The number of aryl methyl sites for hydroxylation is 1. The lowest BCUT2D eigenvalue weighted by Crippen LogP contribution is -2.47. The third-order valence-corrected chi connectivity index (χ3v) is 4.84. The summed E-state index contributed by atoms with van der Waals surface area (Å²) < 4.78 is 5.36. The number of nitrogens with one attached hydrogen (secondary N) is 1. The van der Waals surface area contributed by atoms with E-state index in [1.807, 2.05) is 73.5 Å². The zero-order valence-corrected chi connectivity index (χ0v) is 16.4. The molecule has 1 aliphatic heterocycles. The fourth-order valence-electron chi connectivity index (χ4n) is 3.33. The fraction of sp³-hybridized carbons (Fsp3) is 0.364. The molecular weight excluding hydrogens is 354 g/mol. The molecule has 0 saturated carbocycles. The lowest BCUT2D eigenvalue weighted by Gasteiger charge is -2.34. The molecule has 1 heterocycles. The van der Waals surface area contributed by atoms with Gasteiger partial charge in [-0.05, 0) is 31.7 Å². The number of hydrogen-bond acceptors (Lipinski definition) is 4. The molecular formula is C22H27N3O3. The molecule has 28 heavy (non-hydrogen) atoms. The number of ether oxygens (including phenoxy) is 1. The summed E-state index contributed by atoms with van der Waals surface area (Å²) in [5, 5.41) is 2.90. The Morgan fingerprint density at radius 2 is 1.71 bits per heavy atom. The Hall–Kier alpha value is -2.70. The average molecular weight is 381 g/mol. The van der Waals surface area contributed by atoms with Gasteiger partial charge in [0.05, 0.1) is 19.8 Å². The predicted octanol–water partition coefficient (Wildman–Crippen LogP) is 2.47. The first-order chi connectivity index (χ1) is 13.5. The second kappa shape index (κ2) is 9.48. The van der Waals surface area contributed by atoms with Gasteiger partial charge in [-0.1, -0.05) is 48.0 Å². The van der Waals surface area contributed by atoms with Gasteiger partial charge in [0.2, 0.25) is 11.8 Å². The van der Waals surface area contributed by atoms with E-state index >= 15 is 0 Å². The molecule has 0 aliphatic carbocycles. The number of carbonyl (C=O) groups excluding carboxylic acids is 2. The summed E-state index contributed by atoms with van der Waals surface area (Å²) in [5.74, 6) is -0.151. The molecule has 0 spiro atoms. The summed E-state index contributed by atoms with van der Waals surface area (Å²) in [6.07, 6.45) is 0. The SMILES string of the molecule is Cc1ccc(NC(=O)CN(C)[C@@H](C(=O)N2CCOCC2)c2ccccc2)cc1. The number of anilines is 1. The van der Waals surface area contributed by atoms with Crippen LogP contribution in [0.4, 0.5) is 5.69 Å². The highest BCUT2D eigenvalue weighted by Crippen LogP contribution is 2.23. The van der Waals surface area contributed by atoms with E-state index in [4.69, 9.17) is 4.74 Å². The molecule has 0 aromatic heterocycles. The zero-order chi connectivity index (χ0) is 19.9. The van der Waals surface area contributed by atoms with E-state index in [2.05, 4.69) is 5.32 Å². The van der Waals surface area contributed by atoms with E-state index in [9.17, 15) is 9.59 Å². The number of hydrogen-bond donors (Lipinski definition) is 1. The van der Waals surface area contributed by atoms with Crippen molar-refractivity contribution in [3.63, 3.8) is 0 Å². The Labute approximate surface area is 166 Å². The molecule has 1 N–H and O–H groups in total. The van der Waals surface area contributed by atoms with Crippen molar-refractivity contribution in [2.75, 3.05) is 45.2 Å². The summed E-state index contributed by atoms with van der Waals surface area (Å²) >= 11 is 0. The monoisotopic (exact) mass is 381 g/mol. The highest BCUT2D eigenvalue weighted by Gasteiger charge is 2.31. The topological polar surface area (TPSA) is 61.9 Å². The van der Waals surface area contributed by atoms with Gasteiger partial charge in [-0.25, -0.2) is 0 Å². The van der Waals surface area contributed by atoms with Gasteiger partial charge in [0, 0.05) is 18.8 Å². The van der Waals surface area contributed by atoms with Crippen molar-refractivity contribution in [3.05, 3.63) is 65.7 Å². The molecule has 1 fully saturated rings. The van der Waals surface area contributed by atoms with Crippen molar-refractivity contribution in [2.45, 2.75) is 13.0 Å². The van der Waals surface area contributed by atoms with Crippen molar-refractivity contribution < 1.29 is 14.3 Å². The summed E-state index contributed by atoms with van der Waals surface area (Å²) in [6.45, 7) is 4.36. The Morgan fingerprint density at radius 3 is 2.36 bits per heavy atom. The van der Waals surface area contributed by atoms with Crippen molar-refractivity contribution in [1.29, 1.82) is 0 Å². The first kappa shape index (κ1) is 20.0. The molecule has 3 rings (SSSR count). The zero-order valence-electron chi connectivity index (χ0n) is 16.4. The Balaban J connectivity index is 1.72. The number of benzene rings is 2. The molecule has 0 radical (unpaired) electrons. The third kappa shape index (κ3) is 5.18. The molecule has 1 atom stereocenters. The largest absolute Gasteiger partial charge is 0.378 e. The van der Waals surface area contributed by atoms with E-state index in [1.165, 1.54) is 0 Å². The quantitative estimate of drug-likeness (QED) is 0.835. The first-order valence-electron chi connectivity index (χ1n) is 9.53. The lowest BCUT2D eigenvalue weighted by atomic mass is 10.0. The Bertz CT molecular complexity index is 786. The lowest BCUT2D eigenvalue weighted by molar-refractivity contribution is -0.141. The molecule has 2 aromatic carbocycles. The van der Waals surface area contributed by atoms with Gasteiger partial charge in [0.25, 0.3) is 0 Å². The minimum atomic E-state index is -0.511. The number of likely N-dealkylation sites (N-methyl/N-ethyl adjacent to an activating group) is 1. The van der Waals surface area contributed by atoms with Crippen LogP contribution in [0.2, 0.25) is 0 Å². The maximum Gasteiger partial charge on any atom is 0.244 e. The predicted molar refractivity (Wildman–Crippen MR) is 109 cm³/mol. The first-order valence-corrected chi connectivity index (χ1v) is 9.53. The second-order valence-corrected chi connectivity index (χ2v) is 7.08. The normalized spacial score (nSPS) is 15.3. The molecule has 2 aromatic rings. The molecule has 6 nitrogen and oxygen atoms in total. The summed E-state index contributed by atoms with van der Waals surface area (Å²) in [7, 11) is 1.81. The van der Waals surface area contributed by atoms with Crippen LogP contribution in [-0.4, -0.2) is 61.5 Å². The smallest absolute Gasteiger partial charge is 0.244 e. The van der Waals surface area contributed by atoms with Crippen molar-refractivity contribution in [2.24, 2.45) is 0 Å². The van der Waals surface area contributed by atoms with Crippen LogP contribution in [0.1, 0.15) is 17.2 Å². The van der Waals surface area contributed by atoms with Crippen LogP contribution in [0.25, 0.3) is 0 Å². The highest BCUT2D eigenvalue weighted by molar-refractivity contribution is 5.93. The average Bonchev–Trinajstić information content (AvgIpc) is 2.71. The molecule has 6 heteroatoms. The van der Waals surface area contributed by atoms with Gasteiger partial charge in [-0.3, -0.25) is 14.5 Å². The number of amides is 2. The van der Waals surface area contributed by atoms with Crippen molar-refractivity contribution >= 4 is 17.5 Å². The number of nitrogens with zero attached hydrogens (tertiary/aromatic N) is 2. The van der Waals surface area contributed by atoms with Gasteiger partial charge >= 0.3 is 0 Å². The van der Waals surface area contributed by atoms with Crippen LogP contribution >= 0.6 is 0 Å². The highest BCUT2D eigenvalue weighted by atomic mass is 16.5. The summed E-state index contributed by atoms with van der Waals surface area (Å²) in [5.41, 5.74) is 2.76. The number of rotatable bonds is 6. The van der Waals surface area contributed by atoms with E-state index in [1.54, 1.807) is 4.90 Å². The van der Waals surface area contributed by atoms with Crippen LogP contribution in [0.5, 0.6) is 0 Å².